The van der Waals surface area contributed by atoms with Crippen molar-refractivity contribution in [3.05, 3.63) is 35.2 Å². The lowest BCUT2D eigenvalue weighted by atomic mass is 10.1. The molecule has 0 radical (unpaired) electrons. The smallest absolute Gasteiger partial charge is 0.0599 e. The highest BCUT2D eigenvalue weighted by Crippen LogP contribution is 2.27. The highest BCUT2D eigenvalue weighted by atomic mass is 79.9. The zero-order chi connectivity index (χ0) is 13.8. The Morgan fingerprint density at radius 3 is 2.85 bits per heavy atom. The van der Waals surface area contributed by atoms with Crippen LogP contribution in [0.5, 0.6) is 0 Å². The van der Waals surface area contributed by atoms with Gasteiger partial charge in [-0.15, -0.1) is 11.3 Å². The van der Waals surface area contributed by atoms with Crippen molar-refractivity contribution in [1.29, 1.82) is 0 Å². The van der Waals surface area contributed by atoms with E-state index in [1.165, 1.54) is 15.6 Å². The first kappa shape index (κ1) is 14.5. The number of rotatable bonds is 5. The number of hydrogen-bond acceptors (Lipinski definition) is 3. The van der Waals surface area contributed by atoms with Gasteiger partial charge in [-0.25, -0.2) is 0 Å². The number of likely N-dealkylation sites (tertiary alicyclic amines) is 1. The molecule has 1 aromatic carbocycles. The van der Waals surface area contributed by atoms with Gasteiger partial charge in [0, 0.05) is 29.7 Å². The van der Waals surface area contributed by atoms with E-state index < -0.39 is 0 Å². The van der Waals surface area contributed by atoms with Crippen molar-refractivity contribution < 1.29 is 4.74 Å². The van der Waals surface area contributed by atoms with E-state index in [0.717, 1.165) is 44.4 Å². The van der Waals surface area contributed by atoms with Gasteiger partial charge in [-0.1, -0.05) is 34.1 Å². The summed E-state index contributed by atoms with van der Waals surface area (Å²) in [7, 11) is 0. The minimum Gasteiger partial charge on any atom is -0.377 e. The molecule has 2 heterocycles. The van der Waals surface area contributed by atoms with Crippen molar-refractivity contribution in [2.45, 2.75) is 25.5 Å². The van der Waals surface area contributed by atoms with Gasteiger partial charge in [0.25, 0.3) is 0 Å². The van der Waals surface area contributed by atoms with Crippen molar-refractivity contribution in [2.24, 2.45) is 0 Å². The van der Waals surface area contributed by atoms with Crippen molar-refractivity contribution >= 4 is 37.4 Å². The average molecular weight is 354 g/mol. The average Bonchev–Trinajstić information content (AvgIpc) is 2.90. The van der Waals surface area contributed by atoms with Gasteiger partial charge in [0.15, 0.2) is 0 Å². The Morgan fingerprint density at radius 1 is 1.25 bits per heavy atom. The SMILES string of the molecule is BrCCOC1CCN(Cc2csc3ccccc23)CC1. The van der Waals surface area contributed by atoms with Gasteiger partial charge in [0.05, 0.1) is 12.7 Å². The summed E-state index contributed by atoms with van der Waals surface area (Å²) in [5, 5.41) is 4.68. The third-order valence-electron chi connectivity index (χ3n) is 3.92. The second-order valence-electron chi connectivity index (χ2n) is 5.29. The fourth-order valence-electron chi connectivity index (χ4n) is 2.84. The first-order valence-electron chi connectivity index (χ1n) is 7.22. The molecule has 20 heavy (non-hydrogen) atoms. The van der Waals surface area contributed by atoms with Gasteiger partial charge in [-0.2, -0.15) is 0 Å². The number of nitrogens with zero attached hydrogens (tertiary/aromatic N) is 1. The second-order valence-corrected chi connectivity index (χ2v) is 7.00. The third kappa shape index (κ3) is 3.42. The lowest BCUT2D eigenvalue weighted by molar-refractivity contribution is 0.0142. The first-order chi connectivity index (χ1) is 9.86. The van der Waals surface area contributed by atoms with Gasteiger partial charge in [-0.3, -0.25) is 4.90 Å². The molecule has 0 atom stereocenters. The maximum absolute atomic E-state index is 5.81. The molecule has 1 fully saturated rings. The van der Waals surface area contributed by atoms with Crippen molar-refractivity contribution in [3.63, 3.8) is 0 Å². The molecule has 0 unspecified atom stereocenters. The summed E-state index contributed by atoms with van der Waals surface area (Å²) in [5.74, 6) is 0. The van der Waals surface area contributed by atoms with E-state index in [0.29, 0.717) is 6.10 Å². The molecule has 0 bridgehead atoms. The van der Waals surface area contributed by atoms with Gasteiger partial charge >= 0.3 is 0 Å². The van der Waals surface area contributed by atoms with Crippen LogP contribution in [0.25, 0.3) is 10.1 Å². The zero-order valence-electron chi connectivity index (χ0n) is 11.6. The number of fused-ring (bicyclic) bond motifs is 1. The maximum atomic E-state index is 5.81. The standard InChI is InChI=1S/C16H20BrNOS/c17-7-10-19-14-5-8-18(9-6-14)11-13-12-20-16-4-2-1-3-15(13)16/h1-4,12,14H,5-11H2. The molecule has 0 spiro atoms. The van der Waals surface area contributed by atoms with Gasteiger partial charge < -0.3 is 4.74 Å². The largest absolute Gasteiger partial charge is 0.377 e. The van der Waals surface area contributed by atoms with Crippen LogP contribution in [0.1, 0.15) is 18.4 Å². The minimum atomic E-state index is 0.461. The molecular formula is C16H20BrNOS. The lowest BCUT2D eigenvalue weighted by Crippen LogP contribution is -2.36. The molecule has 4 heteroatoms. The molecule has 3 rings (SSSR count). The van der Waals surface area contributed by atoms with E-state index in [9.17, 15) is 0 Å². The molecule has 2 aromatic rings. The van der Waals surface area contributed by atoms with Gasteiger partial charge in [-0.05, 0) is 35.2 Å². The van der Waals surface area contributed by atoms with Crippen LogP contribution in [0.2, 0.25) is 0 Å². The van der Waals surface area contributed by atoms with Crippen molar-refractivity contribution in [1.82, 2.24) is 4.90 Å². The number of ether oxygens (including phenoxy) is 1. The molecule has 2 nitrogen and oxygen atoms in total. The summed E-state index contributed by atoms with van der Waals surface area (Å²) in [4.78, 5) is 2.56. The third-order valence-corrected chi connectivity index (χ3v) is 5.26. The van der Waals surface area contributed by atoms with E-state index in [1.807, 2.05) is 11.3 Å². The van der Waals surface area contributed by atoms with Crippen LogP contribution < -0.4 is 0 Å². The Labute approximate surface area is 132 Å². The molecular weight excluding hydrogens is 334 g/mol. The van der Waals surface area contributed by atoms with Crippen LogP contribution in [0.15, 0.2) is 29.6 Å². The monoisotopic (exact) mass is 353 g/mol. The van der Waals surface area contributed by atoms with E-state index >= 15 is 0 Å². The van der Waals surface area contributed by atoms with E-state index in [-0.39, 0.29) is 0 Å². The van der Waals surface area contributed by atoms with Crippen molar-refractivity contribution in [2.75, 3.05) is 25.0 Å². The highest BCUT2D eigenvalue weighted by molar-refractivity contribution is 9.09. The predicted octanol–water partition coefficient (Wildman–Crippen LogP) is 4.28. The molecule has 1 aliphatic heterocycles. The molecule has 0 amide bonds. The summed E-state index contributed by atoms with van der Waals surface area (Å²) in [6.45, 7) is 4.21. The van der Waals surface area contributed by atoms with E-state index in [2.05, 4.69) is 50.5 Å². The molecule has 0 saturated carbocycles. The Morgan fingerprint density at radius 2 is 2.05 bits per heavy atom. The van der Waals surface area contributed by atoms with Crippen LogP contribution in [-0.4, -0.2) is 36.0 Å². The van der Waals surface area contributed by atoms with Crippen LogP contribution in [0, 0.1) is 0 Å². The van der Waals surface area contributed by atoms with Crippen LogP contribution in [0.3, 0.4) is 0 Å². The zero-order valence-corrected chi connectivity index (χ0v) is 14.0. The molecule has 1 aromatic heterocycles. The van der Waals surface area contributed by atoms with Gasteiger partial charge in [0.1, 0.15) is 0 Å². The fraction of sp³-hybridized carbons (Fsp3) is 0.500. The molecule has 0 aliphatic carbocycles. The summed E-state index contributed by atoms with van der Waals surface area (Å²) in [5.41, 5.74) is 1.48. The first-order valence-corrected chi connectivity index (χ1v) is 9.22. The maximum Gasteiger partial charge on any atom is 0.0599 e. The Balaban J connectivity index is 1.57. The fourth-order valence-corrected chi connectivity index (χ4v) is 3.98. The Kier molecular flexibility index (Phi) is 5.10. The minimum absolute atomic E-state index is 0.461. The highest BCUT2D eigenvalue weighted by Gasteiger charge is 2.20. The van der Waals surface area contributed by atoms with Crippen molar-refractivity contribution in [3.8, 4) is 0 Å². The number of halogens is 1. The van der Waals surface area contributed by atoms with E-state index in [4.69, 9.17) is 4.74 Å². The summed E-state index contributed by atoms with van der Waals surface area (Å²) < 4.78 is 7.22. The summed E-state index contributed by atoms with van der Waals surface area (Å²) >= 11 is 5.27. The number of thiophene rings is 1. The topological polar surface area (TPSA) is 12.5 Å². The number of benzene rings is 1. The molecule has 1 saturated heterocycles. The number of alkyl halides is 1. The Hall–Kier alpha value is -0.420. The van der Waals surface area contributed by atoms with Crippen LogP contribution >= 0.6 is 27.3 Å². The van der Waals surface area contributed by atoms with Crippen LogP contribution in [0.4, 0.5) is 0 Å². The molecule has 1 aliphatic rings. The van der Waals surface area contributed by atoms with Crippen LogP contribution in [-0.2, 0) is 11.3 Å². The Bertz CT molecular complexity index is 548. The summed E-state index contributed by atoms with van der Waals surface area (Å²) in [6, 6.07) is 8.71. The van der Waals surface area contributed by atoms with E-state index in [1.54, 1.807) is 0 Å². The molecule has 108 valence electrons. The second kappa shape index (κ2) is 7.03. The summed E-state index contributed by atoms with van der Waals surface area (Å²) in [6.07, 6.45) is 2.78. The number of piperidine rings is 1. The predicted molar refractivity (Wildman–Crippen MR) is 89.9 cm³/mol. The van der Waals surface area contributed by atoms with Gasteiger partial charge in [0.2, 0.25) is 0 Å². The molecule has 0 N–H and O–H groups in total. The normalized spacial score (nSPS) is 17.9. The lowest BCUT2D eigenvalue weighted by Gasteiger charge is -2.31. The number of hydrogen-bond donors (Lipinski definition) is 0. The quantitative estimate of drug-likeness (QED) is 0.744.